The number of carbonyl (C=O) groups excluding carboxylic acids is 2. The molecule has 0 radical (unpaired) electrons. The number of likely N-dealkylation sites (tertiary alicyclic amines) is 1. The van der Waals surface area contributed by atoms with Gasteiger partial charge in [-0.15, -0.1) is 0 Å². The lowest BCUT2D eigenvalue weighted by atomic mass is 9.76. The molecule has 10 heteroatoms. The number of furan rings is 1. The molecule has 3 amide bonds. The van der Waals surface area contributed by atoms with Gasteiger partial charge in [0.25, 0.3) is 5.91 Å². The largest absolute Gasteiger partial charge is 0.475 e. The molecule has 1 aliphatic heterocycles. The maximum absolute atomic E-state index is 12.9. The van der Waals surface area contributed by atoms with E-state index >= 15 is 0 Å². The van der Waals surface area contributed by atoms with E-state index in [2.05, 4.69) is 10.6 Å². The van der Waals surface area contributed by atoms with E-state index in [9.17, 15) is 24.9 Å². The Balaban J connectivity index is 1.59. The molecule has 0 unspecified atom stereocenters. The summed E-state index contributed by atoms with van der Waals surface area (Å²) in [6.07, 6.45) is 4.85. The van der Waals surface area contributed by atoms with Crippen molar-refractivity contribution < 1.29 is 24.1 Å². The highest BCUT2D eigenvalue weighted by Gasteiger charge is 2.32. The van der Waals surface area contributed by atoms with Crippen molar-refractivity contribution in [3.63, 3.8) is 0 Å². The molecule has 34 heavy (non-hydrogen) atoms. The maximum Gasteiger partial charge on any atom is 0.475 e. The third kappa shape index (κ3) is 6.40. The van der Waals surface area contributed by atoms with Crippen LogP contribution >= 0.6 is 0 Å². The summed E-state index contributed by atoms with van der Waals surface area (Å²) in [5.41, 5.74) is 1.21. The molecule has 2 aromatic rings. The molecule has 9 nitrogen and oxygen atoms in total. The van der Waals surface area contributed by atoms with Crippen molar-refractivity contribution in [2.75, 3.05) is 13.1 Å². The van der Waals surface area contributed by atoms with E-state index in [-0.39, 0.29) is 35.9 Å². The minimum Gasteiger partial charge on any atom is -0.464 e. The van der Waals surface area contributed by atoms with Crippen LogP contribution in [0.25, 0.3) is 11.0 Å². The molecule has 180 valence electrons. The van der Waals surface area contributed by atoms with Crippen LogP contribution in [0.5, 0.6) is 0 Å². The fourth-order valence-electron chi connectivity index (χ4n) is 4.13. The molecule has 0 bridgehead atoms. The Morgan fingerprint density at radius 3 is 2.76 bits per heavy atom. The first-order valence-corrected chi connectivity index (χ1v) is 11.4. The number of amides is 3. The van der Waals surface area contributed by atoms with Gasteiger partial charge >= 0.3 is 13.1 Å². The first kappa shape index (κ1) is 25.3. The van der Waals surface area contributed by atoms with Gasteiger partial charge in [-0.1, -0.05) is 45.0 Å². The summed E-state index contributed by atoms with van der Waals surface area (Å²) in [6.45, 7) is 6.46. The minimum atomic E-state index is -1.77. The monoisotopic (exact) mass is 466 g/mol. The zero-order valence-electron chi connectivity index (χ0n) is 19.7. The van der Waals surface area contributed by atoms with Crippen LogP contribution in [0, 0.1) is 16.7 Å². The number of nitrogens with one attached hydrogen (secondary N) is 2. The average molecular weight is 466 g/mol. The third-order valence-corrected chi connectivity index (χ3v) is 5.74. The summed E-state index contributed by atoms with van der Waals surface area (Å²) in [5, 5.41) is 35.2. The van der Waals surface area contributed by atoms with Gasteiger partial charge in [0.2, 0.25) is 0 Å². The van der Waals surface area contributed by atoms with Gasteiger partial charge in [-0.25, -0.2) is 4.79 Å². The molecule has 1 saturated heterocycles. The molecule has 4 N–H and O–H groups in total. The SMILES string of the molecule is CC(C)(C)C=C(C#N)C(=O)N1CCC[C@@H]1CNC(=O)N[C@@H](Cc1coc2ccccc12)B(O)O. The number of allylic oxidation sites excluding steroid dienone is 1. The maximum atomic E-state index is 12.9. The molecule has 2 atom stereocenters. The lowest BCUT2D eigenvalue weighted by Gasteiger charge is -2.26. The smallest absolute Gasteiger partial charge is 0.464 e. The Morgan fingerprint density at radius 1 is 1.35 bits per heavy atom. The van der Waals surface area contributed by atoms with Crippen LogP contribution in [-0.4, -0.2) is 59.1 Å². The van der Waals surface area contributed by atoms with Crippen LogP contribution in [0.3, 0.4) is 0 Å². The number of rotatable bonds is 7. The van der Waals surface area contributed by atoms with Gasteiger partial charge in [0.05, 0.1) is 12.2 Å². The number of urea groups is 1. The highest BCUT2D eigenvalue weighted by atomic mass is 16.4. The second-order valence-corrected chi connectivity index (χ2v) is 9.67. The van der Waals surface area contributed by atoms with Crippen LogP contribution in [0.1, 0.15) is 39.2 Å². The van der Waals surface area contributed by atoms with Crippen LogP contribution in [0.2, 0.25) is 0 Å². The summed E-state index contributed by atoms with van der Waals surface area (Å²) < 4.78 is 5.49. The topological polar surface area (TPSA) is 139 Å². The molecular formula is C24H31BN4O5. The van der Waals surface area contributed by atoms with E-state index in [1.165, 1.54) is 0 Å². The minimum absolute atomic E-state index is 0.0969. The second-order valence-electron chi connectivity index (χ2n) is 9.67. The van der Waals surface area contributed by atoms with Gasteiger partial charge in [-0.2, -0.15) is 5.26 Å². The number of para-hydroxylation sites is 1. The second kappa shape index (κ2) is 10.8. The molecule has 1 aromatic carbocycles. The van der Waals surface area contributed by atoms with E-state index in [1.54, 1.807) is 17.2 Å². The molecule has 0 aliphatic carbocycles. The normalized spacial score (nSPS) is 17.4. The Labute approximate surface area is 199 Å². The molecule has 3 rings (SSSR count). The number of hydrogen-bond acceptors (Lipinski definition) is 6. The Morgan fingerprint density at radius 2 is 2.09 bits per heavy atom. The van der Waals surface area contributed by atoms with Gasteiger partial charge in [-0.05, 0) is 36.3 Å². The standard InChI is InChI=1S/C24H31BN4O5/c1-24(2,3)12-17(13-26)22(30)29-10-6-7-18(29)14-27-23(31)28-21(25(32)33)11-16-15-34-20-9-5-4-8-19(16)20/h4-5,8-9,12,15,18,21,32-33H,6-7,10-11,14H2,1-3H3,(H2,27,28,31)/t18-,21+/m1/s1. The fourth-order valence-corrected chi connectivity index (χ4v) is 4.13. The molecule has 0 spiro atoms. The Kier molecular flexibility index (Phi) is 8.02. The summed E-state index contributed by atoms with van der Waals surface area (Å²) in [7, 11) is -1.77. The average Bonchev–Trinajstić information content (AvgIpc) is 3.41. The Bertz CT molecular complexity index is 1100. The van der Waals surface area contributed by atoms with Crippen molar-refractivity contribution >= 4 is 30.0 Å². The number of benzene rings is 1. The number of nitrogens with zero attached hydrogens (tertiary/aromatic N) is 2. The lowest BCUT2D eigenvalue weighted by Crippen LogP contribution is -2.53. The van der Waals surface area contributed by atoms with Gasteiger partial charge in [0.1, 0.15) is 17.2 Å². The molecule has 1 fully saturated rings. The predicted molar refractivity (Wildman–Crippen MR) is 128 cm³/mol. The summed E-state index contributed by atoms with van der Waals surface area (Å²) in [4.78, 5) is 27.0. The predicted octanol–water partition coefficient (Wildman–Crippen LogP) is 2.14. The quantitative estimate of drug-likeness (QED) is 0.280. The fraction of sp³-hybridized carbons (Fsp3) is 0.458. The summed E-state index contributed by atoms with van der Waals surface area (Å²) >= 11 is 0. The number of hydrogen-bond donors (Lipinski definition) is 4. The van der Waals surface area contributed by atoms with Crippen molar-refractivity contribution in [2.24, 2.45) is 5.41 Å². The van der Waals surface area contributed by atoms with E-state index < -0.39 is 19.1 Å². The van der Waals surface area contributed by atoms with E-state index in [0.29, 0.717) is 18.5 Å². The first-order valence-electron chi connectivity index (χ1n) is 11.4. The summed E-state index contributed by atoms with van der Waals surface area (Å²) in [5.74, 6) is -1.29. The summed E-state index contributed by atoms with van der Waals surface area (Å²) in [6, 6.07) is 8.56. The van der Waals surface area contributed by atoms with Gasteiger partial charge in [-0.3, -0.25) is 4.79 Å². The van der Waals surface area contributed by atoms with Gasteiger partial charge < -0.3 is 30.0 Å². The highest BCUT2D eigenvalue weighted by Crippen LogP contribution is 2.24. The molecule has 1 aromatic heterocycles. The zero-order valence-corrected chi connectivity index (χ0v) is 19.7. The molecule has 0 saturated carbocycles. The first-order chi connectivity index (χ1) is 16.1. The number of carbonyl (C=O) groups is 2. The number of fused-ring (bicyclic) bond motifs is 1. The molecule has 2 heterocycles. The van der Waals surface area contributed by atoms with Crippen molar-refractivity contribution in [1.82, 2.24) is 15.5 Å². The van der Waals surface area contributed by atoms with E-state index in [1.807, 2.05) is 51.1 Å². The van der Waals surface area contributed by atoms with Crippen LogP contribution in [0.4, 0.5) is 4.79 Å². The van der Waals surface area contributed by atoms with Crippen LogP contribution in [-0.2, 0) is 11.2 Å². The van der Waals surface area contributed by atoms with E-state index in [4.69, 9.17) is 4.42 Å². The van der Waals surface area contributed by atoms with Crippen molar-refractivity contribution in [1.29, 1.82) is 5.26 Å². The molecular weight excluding hydrogens is 435 g/mol. The van der Waals surface area contributed by atoms with Gasteiger partial charge in [0.15, 0.2) is 0 Å². The lowest BCUT2D eigenvalue weighted by molar-refractivity contribution is -0.127. The molecule has 1 aliphatic rings. The van der Waals surface area contributed by atoms with Crippen LogP contribution in [0.15, 0.2) is 46.6 Å². The van der Waals surface area contributed by atoms with Crippen molar-refractivity contribution in [3.8, 4) is 6.07 Å². The highest BCUT2D eigenvalue weighted by molar-refractivity contribution is 6.43. The van der Waals surface area contributed by atoms with Gasteiger partial charge in [0, 0.05) is 24.5 Å². The van der Waals surface area contributed by atoms with E-state index in [0.717, 1.165) is 17.4 Å². The number of nitriles is 1. The van der Waals surface area contributed by atoms with Crippen molar-refractivity contribution in [3.05, 3.63) is 47.7 Å². The third-order valence-electron chi connectivity index (χ3n) is 5.74. The van der Waals surface area contributed by atoms with Crippen molar-refractivity contribution in [2.45, 2.75) is 52.0 Å². The Hall–Kier alpha value is -3.29. The zero-order chi connectivity index (χ0) is 24.9. The van der Waals surface area contributed by atoms with Crippen LogP contribution < -0.4 is 10.6 Å².